The summed E-state index contributed by atoms with van der Waals surface area (Å²) in [6, 6.07) is 14.8. The largest absolute Gasteiger partial charge is 0.493 e. The number of benzene rings is 2. The highest BCUT2D eigenvalue weighted by Crippen LogP contribution is 2.37. The zero-order chi connectivity index (χ0) is 16.5. The maximum Gasteiger partial charge on any atom is 0.127 e. The summed E-state index contributed by atoms with van der Waals surface area (Å²) in [5.41, 5.74) is 9.90. The second-order valence-electron chi connectivity index (χ2n) is 6.86. The van der Waals surface area contributed by atoms with Crippen LogP contribution in [0.2, 0.25) is 5.02 Å². The van der Waals surface area contributed by atoms with Crippen LogP contribution in [0.25, 0.3) is 0 Å². The summed E-state index contributed by atoms with van der Waals surface area (Å²) in [5.74, 6) is 2.05. The summed E-state index contributed by atoms with van der Waals surface area (Å²) in [4.78, 5) is 2.49. The van der Waals surface area contributed by atoms with E-state index in [0.717, 1.165) is 50.0 Å². The van der Waals surface area contributed by atoms with E-state index < -0.39 is 0 Å². The molecule has 2 aliphatic heterocycles. The number of nitrogens with two attached hydrogens (primary N) is 1. The molecule has 0 bridgehead atoms. The van der Waals surface area contributed by atoms with Gasteiger partial charge in [-0.05, 0) is 35.7 Å². The van der Waals surface area contributed by atoms with Gasteiger partial charge >= 0.3 is 0 Å². The summed E-state index contributed by atoms with van der Waals surface area (Å²) < 4.78 is 5.85. The highest BCUT2D eigenvalue weighted by Gasteiger charge is 2.33. The van der Waals surface area contributed by atoms with Gasteiger partial charge in [0.1, 0.15) is 5.75 Å². The van der Waals surface area contributed by atoms with Gasteiger partial charge in [0.15, 0.2) is 0 Å². The summed E-state index contributed by atoms with van der Waals surface area (Å²) in [7, 11) is 0. The first kappa shape index (κ1) is 18.5. The number of fused-ring (bicyclic) bond motifs is 1. The van der Waals surface area contributed by atoms with Crippen LogP contribution in [0.3, 0.4) is 0 Å². The second-order valence-corrected chi connectivity index (χ2v) is 7.30. The first-order chi connectivity index (χ1) is 11.7. The Morgan fingerprint density at radius 1 is 1.16 bits per heavy atom. The summed E-state index contributed by atoms with van der Waals surface area (Å²) in [5, 5.41) is 0.809. The zero-order valence-corrected chi connectivity index (χ0v) is 15.7. The molecule has 0 aliphatic carbocycles. The molecule has 5 heteroatoms. The molecule has 134 valence electrons. The Labute approximate surface area is 160 Å². The Morgan fingerprint density at radius 3 is 2.72 bits per heavy atom. The van der Waals surface area contributed by atoms with Gasteiger partial charge in [-0.1, -0.05) is 41.9 Å². The quantitative estimate of drug-likeness (QED) is 0.877. The SMILES string of the molecule is Cl.NC[C@@H]1CN(Cc2cc(Cl)cc3c2OCC3)C[C@H]1c1ccccc1. The minimum atomic E-state index is 0. The normalized spacial score (nSPS) is 22.3. The predicted molar refractivity (Wildman–Crippen MR) is 105 cm³/mol. The van der Waals surface area contributed by atoms with Crippen LogP contribution in [0.1, 0.15) is 22.6 Å². The van der Waals surface area contributed by atoms with Crippen LogP contribution in [0.4, 0.5) is 0 Å². The van der Waals surface area contributed by atoms with Crippen molar-refractivity contribution in [2.24, 2.45) is 11.7 Å². The molecule has 2 aromatic carbocycles. The van der Waals surface area contributed by atoms with Gasteiger partial charge in [-0.15, -0.1) is 12.4 Å². The lowest BCUT2D eigenvalue weighted by molar-refractivity contribution is 0.303. The lowest BCUT2D eigenvalue weighted by atomic mass is 9.89. The Hall–Kier alpha value is -1.26. The molecule has 4 rings (SSSR count). The van der Waals surface area contributed by atoms with E-state index in [9.17, 15) is 0 Å². The average Bonchev–Trinajstić information content (AvgIpc) is 3.22. The van der Waals surface area contributed by atoms with E-state index in [-0.39, 0.29) is 12.4 Å². The lowest BCUT2D eigenvalue weighted by Gasteiger charge is -2.18. The average molecular weight is 379 g/mol. The van der Waals surface area contributed by atoms with Gasteiger partial charge in [0.25, 0.3) is 0 Å². The molecular weight excluding hydrogens is 355 g/mol. The van der Waals surface area contributed by atoms with Crippen molar-refractivity contribution in [3.63, 3.8) is 0 Å². The molecule has 0 radical (unpaired) electrons. The predicted octanol–water partition coefficient (Wildman–Crippen LogP) is 3.87. The maximum absolute atomic E-state index is 6.30. The van der Waals surface area contributed by atoms with Crippen LogP contribution in [0, 0.1) is 5.92 Å². The molecule has 0 aromatic heterocycles. The molecule has 0 saturated carbocycles. The third kappa shape index (κ3) is 3.80. The molecule has 0 unspecified atom stereocenters. The topological polar surface area (TPSA) is 38.5 Å². The van der Waals surface area contributed by atoms with Crippen molar-refractivity contribution in [1.82, 2.24) is 4.90 Å². The number of halogens is 2. The van der Waals surface area contributed by atoms with Crippen molar-refractivity contribution < 1.29 is 4.74 Å². The molecule has 1 saturated heterocycles. The van der Waals surface area contributed by atoms with Gasteiger partial charge in [-0.25, -0.2) is 0 Å². The number of likely N-dealkylation sites (tertiary alicyclic amines) is 1. The van der Waals surface area contributed by atoms with Crippen LogP contribution >= 0.6 is 24.0 Å². The van der Waals surface area contributed by atoms with Crippen LogP contribution in [-0.4, -0.2) is 31.1 Å². The van der Waals surface area contributed by atoms with Gasteiger partial charge in [0.2, 0.25) is 0 Å². The molecule has 2 aromatic rings. The first-order valence-corrected chi connectivity index (χ1v) is 9.04. The second kappa shape index (κ2) is 7.96. The smallest absolute Gasteiger partial charge is 0.127 e. The molecule has 2 heterocycles. The maximum atomic E-state index is 6.30. The van der Waals surface area contributed by atoms with Gasteiger partial charge in [-0.2, -0.15) is 0 Å². The van der Waals surface area contributed by atoms with Crippen molar-refractivity contribution in [1.29, 1.82) is 0 Å². The van der Waals surface area contributed by atoms with Gasteiger partial charge in [0.05, 0.1) is 6.61 Å². The lowest BCUT2D eigenvalue weighted by Crippen LogP contribution is -2.23. The Kier molecular flexibility index (Phi) is 5.90. The monoisotopic (exact) mass is 378 g/mol. The number of hydrogen-bond acceptors (Lipinski definition) is 3. The third-order valence-electron chi connectivity index (χ3n) is 5.27. The van der Waals surface area contributed by atoms with E-state index >= 15 is 0 Å². The molecule has 1 fully saturated rings. The molecule has 2 aliphatic rings. The summed E-state index contributed by atoms with van der Waals surface area (Å²) in [6.45, 7) is 4.42. The van der Waals surface area contributed by atoms with Gasteiger partial charge < -0.3 is 10.5 Å². The van der Waals surface area contributed by atoms with Crippen molar-refractivity contribution in [2.45, 2.75) is 18.9 Å². The Bertz CT molecular complexity index is 723. The van der Waals surface area contributed by atoms with Gasteiger partial charge in [-0.3, -0.25) is 4.90 Å². The highest BCUT2D eigenvalue weighted by molar-refractivity contribution is 6.30. The third-order valence-corrected chi connectivity index (χ3v) is 5.48. The van der Waals surface area contributed by atoms with Crippen LogP contribution in [0.15, 0.2) is 42.5 Å². The van der Waals surface area contributed by atoms with Crippen LogP contribution in [-0.2, 0) is 13.0 Å². The molecule has 2 atom stereocenters. The van der Waals surface area contributed by atoms with Crippen molar-refractivity contribution in [3.8, 4) is 5.75 Å². The van der Waals surface area contributed by atoms with Crippen molar-refractivity contribution in [3.05, 3.63) is 64.2 Å². The van der Waals surface area contributed by atoms with E-state index in [2.05, 4.69) is 41.3 Å². The molecule has 25 heavy (non-hydrogen) atoms. The molecule has 0 spiro atoms. The van der Waals surface area contributed by atoms with E-state index in [4.69, 9.17) is 22.1 Å². The zero-order valence-electron chi connectivity index (χ0n) is 14.2. The van der Waals surface area contributed by atoms with Crippen LogP contribution in [0.5, 0.6) is 5.75 Å². The van der Waals surface area contributed by atoms with E-state index in [1.165, 1.54) is 16.7 Å². The van der Waals surface area contributed by atoms with Crippen molar-refractivity contribution >= 4 is 24.0 Å². The molecular formula is C20H24Cl2N2O. The minimum absolute atomic E-state index is 0. The Morgan fingerprint density at radius 2 is 1.96 bits per heavy atom. The molecule has 0 amide bonds. The molecule has 2 N–H and O–H groups in total. The summed E-state index contributed by atoms with van der Waals surface area (Å²) in [6.07, 6.45) is 0.959. The van der Waals surface area contributed by atoms with E-state index in [1.54, 1.807) is 0 Å². The number of rotatable bonds is 4. The number of hydrogen-bond donors (Lipinski definition) is 1. The standard InChI is InChI=1S/C20H23ClN2O.ClH/c21-18-8-15-6-7-24-20(15)16(9-18)11-23-12-17(10-22)19(13-23)14-4-2-1-3-5-14;/h1-5,8-9,17,19H,6-7,10-13,22H2;1H/t17-,19+;/m1./s1. The fourth-order valence-electron chi connectivity index (χ4n) is 4.11. The van der Waals surface area contributed by atoms with Crippen molar-refractivity contribution in [2.75, 3.05) is 26.2 Å². The van der Waals surface area contributed by atoms with Gasteiger partial charge in [0, 0.05) is 42.6 Å². The first-order valence-electron chi connectivity index (χ1n) is 8.66. The number of ether oxygens (including phenoxy) is 1. The van der Waals surface area contributed by atoms with E-state index in [0.29, 0.717) is 11.8 Å². The fraction of sp³-hybridized carbons (Fsp3) is 0.400. The fourth-order valence-corrected chi connectivity index (χ4v) is 4.37. The highest BCUT2D eigenvalue weighted by atomic mass is 35.5. The summed E-state index contributed by atoms with van der Waals surface area (Å²) >= 11 is 6.30. The Balaban J connectivity index is 0.00000182. The molecule has 3 nitrogen and oxygen atoms in total. The van der Waals surface area contributed by atoms with E-state index in [1.807, 2.05) is 6.07 Å². The minimum Gasteiger partial charge on any atom is -0.493 e. The number of nitrogens with zero attached hydrogens (tertiary/aromatic N) is 1. The van der Waals surface area contributed by atoms with Crippen LogP contribution < -0.4 is 10.5 Å².